The van der Waals surface area contributed by atoms with Gasteiger partial charge in [-0.25, -0.2) is 13.2 Å². The van der Waals surface area contributed by atoms with Crippen LogP contribution in [0, 0.1) is 6.92 Å². The van der Waals surface area contributed by atoms with Crippen LogP contribution >= 0.6 is 0 Å². The summed E-state index contributed by atoms with van der Waals surface area (Å²) < 4.78 is 28.2. The summed E-state index contributed by atoms with van der Waals surface area (Å²) in [6, 6.07) is 7.26. The molecule has 0 radical (unpaired) electrons. The van der Waals surface area contributed by atoms with E-state index in [2.05, 4.69) is 0 Å². The Morgan fingerprint density at radius 3 is 2.68 bits per heavy atom. The third-order valence-corrected chi connectivity index (χ3v) is 5.95. The summed E-state index contributed by atoms with van der Waals surface area (Å²) in [7, 11) is -1.54. The highest BCUT2D eigenvalue weighted by Gasteiger charge is 2.34. The van der Waals surface area contributed by atoms with Gasteiger partial charge in [0, 0.05) is 19.2 Å². The van der Waals surface area contributed by atoms with Crippen molar-refractivity contribution in [2.24, 2.45) is 0 Å². The van der Waals surface area contributed by atoms with Crippen molar-refractivity contribution in [3.63, 3.8) is 0 Å². The second-order valence-electron chi connectivity index (χ2n) is 6.33. The number of ether oxygens (including phenoxy) is 1. The second kappa shape index (κ2) is 7.82. The number of hydrogen-bond acceptors (Lipinski definition) is 5. The quantitative estimate of drug-likeness (QED) is 0.585. The molecule has 2 rings (SSSR count). The lowest BCUT2D eigenvalue weighted by Crippen LogP contribution is -2.44. The minimum absolute atomic E-state index is 0.0385. The van der Waals surface area contributed by atoms with Crippen LogP contribution < -0.4 is 0 Å². The molecule has 1 aromatic carbocycles. The van der Waals surface area contributed by atoms with Crippen molar-refractivity contribution in [2.45, 2.75) is 32.4 Å². The number of carbonyl (C=O) groups excluding carboxylic acids is 2. The van der Waals surface area contributed by atoms with Crippen LogP contribution in [-0.2, 0) is 24.2 Å². The molecule has 1 amide bonds. The molecule has 0 saturated carbocycles. The molecule has 136 valence electrons. The summed E-state index contributed by atoms with van der Waals surface area (Å²) in [6.45, 7) is 3.44. The second-order valence-corrected chi connectivity index (χ2v) is 8.56. The van der Waals surface area contributed by atoms with Gasteiger partial charge in [0.15, 0.2) is 15.9 Å². The first kappa shape index (κ1) is 19.2. The summed E-state index contributed by atoms with van der Waals surface area (Å²) >= 11 is 0. The van der Waals surface area contributed by atoms with Crippen LogP contribution in [0.3, 0.4) is 0 Å². The van der Waals surface area contributed by atoms with Crippen LogP contribution in [-0.4, -0.2) is 55.9 Å². The van der Waals surface area contributed by atoms with Crippen LogP contribution in [0.15, 0.2) is 30.3 Å². The molecule has 6 nitrogen and oxygen atoms in total. The minimum Gasteiger partial charge on any atom is -0.449 e. The minimum atomic E-state index is -3.08. The highest BCUT2D eigenvalue weighted by molar-refractivity contribution is 7.91. The lowest BCUT2D eigenvalue weighted by Gasteiger charge is -2.26. The molecule has 0 aromatic heterocycles. The molecule has 7 heteroatoms. The van der Waals surface area contributed by atoms with Crippen molar-refractivity contribution in [3.8, 4) is 0 Å². The molecule has 0 bridgehead atoms. The predicted molar refractivity (Wildman–Crippen MR) is 95.6 cm³/mol. The van der Waals surface area contributed by atoms with Gasteiger partial charge < -0.3 is 9.64 Å². The van der Waals surface area contributed by atoms with Gasteiger partial charge in [-0.1, -0.05) is 29.8 Å². The van der Waals surface area contributed by atoms with Gasteiger partial charge in [0.25, 0.3) is 5.91 Å². The fraction of sp³-hybridized carbons (Fsp3) is 0.444. The maximum absolute atomic E-state index is 12.3. The third-order valence-electron chi connectivity index (χ3n) is 4.20. The molecule has 0 unspecified atom stereocenters. The van der Waals surface area contributed by atoms with Gasteiger partial charge >= 0.3 is 5.97 Å². The Kier molecular flexibility index (Phi) is 6.00. The summed E-state index contributed by atoms with van der Waals surface area (Å²) in [5, 5.41) is 0. The first-order chi connectivity index (χ1) is 11.7. The molecule has 0 aliphatic carbocycles. The van der Waals surface area contributed by atoms with E-state index in [4.69, 9.17) is 4.74 Å². The predicted octanol–water partition coefficient (Wildman–Crippen LogP) is 1.59. The number of rotatable bonds is 5. The molecular formula is C18H23NO5S. The van der Waals surface area contributed by atoms with E-state index in [1.165, 1.54) is 17.9 Å². The number of aryl methyl sites for hydroxylation is 1. The zero-order valence-electron chi connectivity index (χ0n) is 14.6. The van der Waals surface area contributed by atoms with Gasteiger partial charge in [0.2, 0.25) is 0 Å². The largest absolute Gasteiger partial charge is 0.449 e. The Bertz CT molecular complexity index is 784. The molecule has 0 spiro atoms. The molecule has 1 fully saturated rings. The number of nitrogens with zero attached hydrogens (tertiary/aromatic N) is 1. The van der Waals surface area contributed by atoms with Gasteiger partial charge in [-0.2, -0.15) is 0 Å². The van der Waals surface area contributed by atoms with Crippen LogP contribution in [0.4, 0.5) is 0 Å². The Morgan fingerprint density at radius 1 is 1.36 bits per heavy atom. The van der Waals surface area contributed by atoms with E-state index < -0.39 is 27.8 Å². The van der Waals surface area contributed by atoms with Crippen molar-refractivity contribution >= 4 is 27.8 Å². The van der Waals surface area contributed by atoms with Crippen LogP contribution in [0.2, 0.25) is 0 Å². The van der Waals surface area contributed by atoms with Crippen LogP contribution in [0.1, 0.15) is 24.5 Å². The summed E-state index contributed by atoms with van der Waals surface area (Å²) in [4.78, 5) is 25.6. The number of sulfone groups is 1. The number of carbonyl (C=O) groups is 2. The lowest BCUT2D eigenvalue weighted by molar-refractivity contribution is -0.155. The molecule has 1 aliphatic heterocycles. The van der Waals surface area contributed by atoms with Crippen molar-refractivity contribution < 1.29 is 22.7 Å². The molecule has 1 aliphatic rings. The maximum Gasteiger partial charge on any atom is 0.331 e. The van der Waals surface area contributed by atoms with Crippen molar-refractivity contribution in [1.82, 2.24) is 4.90 Å². The van der Waals surface area contributed by atoms with E-state index in [0.717, 1.165) is 11.1 Å². The van der Waals surface area contributed by atoms with Crippen molar-refractivity contribution in [3.05, 3.63) is 41.5 Å². The van der Waals surface area contributed by atoms with Crippen molar-refractivity contribution in [1.29, 1.82) is 0 Å². The molecule has 1 heterocycles. The summed E-state index contributed by atoms with van der Waals surface area (Å²) in [5.74, 6) is -0.972. The standard InChI is InChI=1S/C18H23NO5S/c1-13-5-4-6-15(11-13)7-8-17(20)24-14(2)18(21)19(3)16-9-10-25(22,23)12-16/h4-8,11,14,16H,9-10,12H2,1-3H3/b8-7+/t14-,16-/m0/s1. The first-order valence-corrected chi connectivity index (χ1v) is 9.92. The molecular weight excluding hydrogens is 342 g/mol. The molecule has 0 N–H and O–H groups in total. The van der Waals surface area contributed by atoms with E-state index in [0.29, 0.717) is 6.42 Å². The number of likely N-dealkylation sites (N-methyl/N-ethyl adjacent to an activating group) is 1. The Balaban J connectivity index is 1.90. The monoisotopic (exact) mass is 365 g/mol. The van der Waals surface area contributed by atoms with E-state index in [1.807, 2.05) is 31.2 Å². The molecule has 25 heavy (non-hydrogen) atoms. The molecule has 2 atom stereocenters. The van der Waals surface area contributed by atoms with Crippen molar-refractivity contribution in [2.75, 3.05) is 18.6 Å². The van der Waals surface area contributed by atoms with E-state index in [-0.39, 0.29) is 17.5 Å². The van der Waals surface area contributed by atoms with Gasteiger partial charge in [-0.05, 0) is 31.9 Å². The SMILES string of the molecule is Cc1cccc(/C=C/C(=O)O[C@@H](C)C(=O)N(C)[C@H]2CCS(=O)(=O)C2)c1. The van der Waals surface area contributed by atoms with Gasteiger partial charge in [0.1, 0.15) is 0 Å². The van der Waals surface area contributed by atoms with E-state index in [1.54, 1.807) is 13.1 Å². The van der Waals surface area contributed by atoms with E-state index >= 15 is 0 Å². The maximum atomic E-state index is 12.3. The fourth-order valence-electron chi connectivity index (χ4n) is 2.75. The summed E-state index contributed by atoms with van der Waals surface area (Å²) in [5.41, 5.74) is 1.94. The Labute approximate surface area is 148 Å². The number of amides is 1. The fourth-order valence-corrected chi connectivity index (χ4v) is 4.52. The lowest BCUT2D eigenvalue weighted by atomic mass is 10.1. The first-order valence-electron chi connectivity index (χ1n) is 8.10. The molecule has 1 saturated heterocycles. The summed E-state index contributed by atoms with van der Waals surface area (Å²) in [6.07, 6.45) is 2.35. The van der Waals surface area contributed by atoms with Crippen LogP contribution in [0.25, 0.3) is 6.08 Å². The number of benzene rings is 1. The normalized spacial score (nSPS) is 20.4. The van der Waals surface area contributed by atoms with Gasteiger partial charge in [0.05, 0.1) is 11.5 Å². The Morgan fingerprint density at radius 2 is 2.08 bits per heavy atom. The van der Waals surface area contributed by atoms with E-state index in [9.17, 15) is 18.0 Å². The average Bonchev–Trinajstić information content (AvgIpc) is 2.91. The third kappa shape index (κ3) is 5.42. The smallest absolute Gasteiger partial charge is 0.331 e. The number of hydrogen-bond donors (Lipinski definition) is 0. The zero-order chi connectivity index (χ0) is 18.6. The highest BCUT2D eigenvalue weighted by Crippen LogP contribution is 2.17. The zero-order valence-corrected chi connectivity index (χ0v) is 15.5. The molecule has 1 aromatic rings. The highest BCUT2D eigenvalue weighted by atomic mass is 32.2. The topological polar surface area (TPSA) is 80.8 Å². The number of esters is 1. The van der Waals surface area contributed by atoms with Gasteiger partial charge in [-0.3, -0.25) is 4.79 Å². The average molecular weight is 365 g/mol. The van der Waals surface area contributed by atoms with Crippen LogP contribution in [0.5, 0.6) is 0 Å². The van der Waals surface area contributed by atoms with Gasteiger partial charge in [-0.15, -0.1) is 0 Å². The Hall–Kier alpha value is -2.15.